The number of benzene rings is 1. The van der Waals surface area contributed by atoms with Crippen LogP contribution in [0.1, 0.15) is 21.7 Å². The lowest BCUT2D eigenvalue weighted by molar-refractivity contribution is -0.144. The number of Topliss-reactive ketones (excluding diaryl/α,β-unsaturated/α-hetero) is 1. The zero-order chi connectivity index (χ0) is 20.3. The molecule has 0 atom stereocenters. The molecule has 3 rings (SSSR count). The van der Waals surface area contributed by atoms with E-state index in [0.29, 0.717) is 20.8 Å². The number of carbonyl (C=O) groups is 2. The Labute approximate surface area is 179 Å². The van der Waals surface area contributed by atoms with E-state index in [1.807, 2.05) is 23.8 Å². The number of hydrogen-bond acceptors (Lipinski definition) is 6. The third-order valence-corrected chi connectivity index (χ3v) is 5.56. The maximum atomic E-state index is 12.5. The Kier molecular flexibility index (Phi) is 6.53. The Morgan fingerprint density at radius 1 is 1.25 bits per heavy atom. The van der Waals surface area contributed by atoms with Crippen LogP contribution in [0.2, 0.25) is 5.02 Å². The maximum Gasteiger partial charge on any atom is 0.344 e. The number of rotatable bonds is 7. The van der Waals surface area contributed by atoms with Gasteiger partial charge in [-0.15, -0.1) is 11.3 Å². The van der Waals surface area contributed by atoms with Gasteiger partial charge in [-0.25, -0.2) is 9.78 Å². The fourth-order valence-electron chi connectivity index (χ4n) is 2.66. The number of aryl methyl sites for hydroxylation is 1. The van der Waals surface area contributed by atoms with Crippen LogP contribution in [-0.2, 0) is 9.53 Å². The van der Waals surface area contributed by atoms with Crippen LogP contribution < -0.4 is 4.74 Å². The Morgan fingerprint density at radius 3 is 2.71 bits per heavy atom. The third kappa shape index (κ3) is 4.63. The molecule has 0 amide bonds. The van der Waals surface area contributed by atoms with Crippen LogP contribution in [0, 0.1) is 13.8 Å². The molecule has 0 bridgehead atoms. The number of esters is 1. The topological polar surface area (TPSA) is 70.4 Å². The molecule has 0 fully saturated rings. The van der Waals surface area contributed by atoms with Gasteiger partial charge in [0, 0.05) is 33.6 Å². The molecule has 1 aromatic carbocycles. The lowest BCUT2D eigenvalue weighted by Crippen LogP contribution is -2.20. The highest BCUT2D eigenvalue weighted by atomic mass is 79.9. The Morgan fingerprint density at radius 2 is 2.04 bits per heavy atom. The summed E-state index contributed by atoms with van der Waals surface area (Å²) in [6.07, 6.45) is 1.71. The van der Waals surface area contributed by atoms with Gasteiger partial charge in [-0.3, -0.25) is 9.36 Å². The van der Waals surface area contributed by atoms with Crippen molar-refractivity contribution in [3.8, 4) is 10.9 Å². The minimum atomic E-state index is -0.635. The average molecular weight is 484 g/mol. The van der Waals surface area contributed by atoms with E-state index in [0.717, 1.165) is 16.5 Å². The lowest BCUT2D eigenvalue weighted by Gasteiger charge is -2.09. The Balaban J connectivity index is 1.58. The molecule has 146 valence electrons. The molecule has 6 nitrogen and oxygen atoms in total. The van der Waals surface area contributed by atoms with Gasteiger partial charge in [-0.1, -0.05) is 11.6 Å². The second kappa shape index (κ2) is 8.89. The summed E-state index contributed by atoms with van der Waals surface area (Å²) in [5.74, 6) is -0.458. The van der Waals surface area contributed by atoms with Crippen LogP contribution in [0.3, 0.4) is 0 Å². The zero-order valence-electron chi connectivity index (χ0n) is 15.1. The fraction of sp³-hybridized carbons (Fsp3) is 0.211. The van der Waals surface area contributed by atoms with Gasteiger partial charge in [-0.2, -0.15) is 0 Å². The summed E-state index contributed by atoms with van der Waals surface area (Å²) in [6, 6.07) is 6.71. The van der Waals surface area contributed by atoms with Gasteiger partial charge in [-0.05, 0) is 54.0 Å². The molecule has 3 aromatic rings. The highest BCUT2D eigenvalue weighted by molar-refractivity contribution is 9.10. The quantitative estimate of drug-likeness (QED) is 0.357. The first-order chi connectivity index (χ1) is 13.4. The zero-order valence-corrected chi connectivity index (χ0v) is 18.2. The number of aromatic nitrogens is 2. The highest BCUT2D eigenvalue weighted by Gasteiger charge is 2.19. The van der Waals surface area contributed by atoms with E-state index in [1.54, 1.807) is 30.5 Å². The number of halogens is 2. The molecule has 0 aliphatic carbocycles. The number of nitrogens with zero attached hydrogens (tertiary/aromatic N) is 2. The summed E-state index contributed by atoms with van der Waals surface area (Å²) in [7, 11) is 0. The van der Waals surface area contributed by atoms with Crippen LogP contribution in [-0.4, -0.2) is 34.5 Å². The number of ether oxygens (including phenoxy) is 2. The van der Waals surface area contributed by atoms with Crippen molar-refractivity contribution in [3.63, 3.8) is 0 Å². The van der Waals surface area contributed by atoms with Gasteiger partial charge in [0.25, 0.3) is 0 Å². The second-order valence-electron chi connectivity index (χ2n) is 5.88. The molecule has 0 N–H and O–H groups in total. The van der Waals surface area contributed by atoms with E-state index in [9.17, 15) is 9.59 Å². The maximum absolute atomic E-state index is 12.5. The summed E-state index contributed by atoms with van der Waals surface area (Å²) >= 11 is 10.6. The summed E-state index contributed by atoms with van der Waals surface area (Å²) < 4.78 is 13.0. The van der Waals surface area contributed by atoms with Crippen molar-refractivity contribution in [1.29, 1.82) is 0 Å². The molecular weight excluding hydrogens is 468 g/mol. The number of carbonyl (C=O) groups excluding carboxylic acids is 2. The first kappa shape index (κ1) is 20.6. The fourth-order valence-corrected chi connectivity index (χ4v) is 4.21. The van der Waals surface area contributed by atoms with Gasteiger partial charge in [0.15, 0.2) is 18.3 Å². The molecule has 0 saturated carbocycles. The molecule has 0 aliphatic rings. The Bertz CT molecular complexity index is 1020. The van der Waals surface area contributed by atoms with Crippen LogP contribution >= 0.6 is 38.9 Å². The van der Waals surface area contributed by atoms with Gasteiger partial charge in [0.05, 0.1) is 4.47 Å². The Hall–Kier alpha value is -2.16. The molecule has 28 heavy (non-hydrogen) atoms. The highest BCUT2D eigenvalue weighted by Crippen LogP contribution is 2.28. The molecule has 2 aromatic heterocycles. The molecule has 0 spiro atoms. The smallest absolute Gasteiger partial charge is 0.344 e. The molecule has 2 heterocycles. The predicted molar refractivity (Wildman–Crippen MR) is 111 cm³/mol. The van der Waals surface area contributed by atoms with Crippen molar-refractivity contribution in [2.24, 2.45) is 0 Å². The monoisotopic (exact) mass is 482 g/mol. The van der Waals surface area contributed by atoms with Crippen molar-refractivity contribution in [2.45, 2.75) is 13.8 Å². The van der Waals surface area contributed by atoms with E-state index in [4.69, 9.17) is 21.1 Å². The normalized spacial score (nSPS) is 10.7. The first-order valence-electron chi connectivity index (χ1n) is 8.22. The standard InChI is InChI=1S/C19H16BrClN2O4S/c1-11-7-14(12(2)23(11)19-22-5-6-28-19)16(24)9-27-18(25)10-26-17-4-3-13(21)8-15(17)20/h3-8H,9-10H2,1-2H3. The number of ketones is 1. The second-order valence-corrected chi connectivity index (χ2v) is 8.05. The molecular formula is C19H16BrClN2O4S. The van der Waals surface area contributed by atoms with E-state index in [-0.39, 0.29) is 19.0 Å². The summed E-state index contributed by atoms with van der Waals surface area (Å²) in [5, 5.41) is 3.20. The SMILES string of the molecule is Cc1cc(C(=O)COC(=O)COc2ccc(Cl)cc2Br)c(C)n1-c1nccs1. The van der Waals surface area contributed by atoms with Gasteiger partial charge >= 0.3 is 5.97 Å². The predicted octanol–water partition coefficient (Wildman–Crippen LogP) is 4.77. The largest absolute Gasteiger partial charge is 0.481 e. The van der Waals surface area contributed by atoms with Crippen molar-refractivity contribution in [2.75, 3.05) is 13.2 Å². The molecule has 0 saturated heterocycles. The molecule has 9 heteroatoms. The van der Waals surface area contributed by atoms with E-state index in [2.05, 4.69) is 20.9 Å². The van der Waals surface area contributed by atoms with Crippen molar-refractivity contribution in [1.82, 2.24) is 9.55 Å². The first-order valence-corrected chi connectivity index (χ1v) is 10.3. The minimum absolute atomic E-state index is 0.281. The third-order valence-electron chi connectivity index (χ3n) is 3.95. The molecule has 0 unspecified atom stereocenters. The van der Waals surface area contributed by atoms with Crippen molar-refractivity contribution >= 4 is 50.6 Å². The number of thiazole rings is 1. The van der Waals surface area contributed by atoms with Gasteiger partial charge < -0.3 is 9.47 Å². The van der Waals surface area contributed by atoms with Crippen molar-refractivity contribution in [3.05, 3.63) is 62.3 Å². The van der Waals surface area contributed by atoms with E-state index < -0.39 is 5.97 Å². The van der Waals surface area contributed by atoms with E-state index >= 15 is 0 Å². The van der Waals surface area contributed by atoms with Crippen molar-refractivity contribution < 1.29 is 19.1 Å². The lowest BCUT2D eigenvalue weighted by atomic mass is 10.1. The van der Waals surface area contributed by atoms with Crippen LogP contribution in [0.5, 0.6) is 5.75 Å². The van der Waals surface area contributed by atoms with Crippen LogP contribution in [0.15, 0.2) is 40.3 Å². The van der Waals surface area contributed by atoms with E-state index in [1.165, 1.54) is 11.3 Å². The summed E-state index contributed by atoms with van der Waals surface area (Å²) in [6.45, 7) is 3.07. The summed E-state index contributed by atoms with van der Waals surface area (Å²) in [4.78, 5) is 28.7. The minimum Gasteiger partial charge on any atom is -0.481 e. The van der Waals surface area contributed by atoms with Gasteiger partial charge in [0.2, 0.25) is 5.78 Å². The molecule has 0 aliphatic heterocycles. The van der Waals surface area contributed by atoms with Crippen LogP contribution in [0.4, 0.5) is 0 Å². The average Bonchev–Trinajstić information content (AvgIpc) is 3.26. The van der Waals surface area contributed by atoms with Crippen LogP contribution in [0.25, 0.3) is 5.13 Å². The van der Waals surface area contributed by atoms with Gasteiger partial charge in [0.1, 0.15) is 5.75 Å². The summed E-state index contributed by atoms with van der Waals surface area (Å²) in [5.41, 5.74) is 2.15. The molecule has 0 radical (unpaired) electrons. The number of hydrogen-bond donors (Lipinski definition) is 0.